The monoisotopic (exact) mass is 324 g/mol. The highest BCUT2D eigenvalue weighted by Crippen LogP contribution is 2.16. The third kappa shape index (κ3) is 5.96. The Bertz CT molecular complexity index is 707. The van der Waals surface area contributed by atoms with Gasteiger partial charge in [0.05, 0.1) is 13.3 Å². The van der Waals surface area contributed by atoms with Crippen LogP contribution in [0.2, 0.25) is 0 Å². The van der Waals surface area contributed by atoms with Crippen LogP contribution in [0, 0.1) is 0 Å². The molecule has 0 spiro atoms. The van der Waals surface area contributed by atoms with Crippen LogP contribution in [0.5, 0.6) is 11.5 Å². The van der Waals surface area contributed by atoms with Gasteiger partial charge in [-0.05, 0) is 42.3 Å². The fraction of sp³-hybridized carbons (Fsp3) is 0.158. The number of ether oxygens (including phenoxy) is 2. The molecule has 5 heteroatoms. The molecule has 1 amide bonds. The summed E-state index contributed by atoms with van der Waals surface area (Å²) in [7, 11) is 1.59. The van der Waals surface area contributed by atoms with Crippen LogP contribution in [-0.4, -0.2) is 25.8 Å². The summed E-state index contributed by atoms with van der Waals surface area (Å²) in [6, 6.07) is 16.9. The Morgan fingerprint density at radius 3 is 2.42 bits per heavy atom. The zero-order valence-electron chi connectivity index (χ0n) is 13.7. The van der Waals surface area contributed by atoms with Crippen LogP contribution in [0.3, 0.4) is 0 Å². The lowest BCUT2D eigenvalue weighted by Crippen LogP contribution is -2.24. The van der Waals surface area contributed by atoms with E-state index in [4.69, 9.17) is 9.47 Å². The molecule has 0 fully saturated rings. The van der Waals surface area contributed by atoms with E-state index in [1.54, 1.807) is 37.6 Å². The quantitative estimate of drug-likeness (QED) is 0.628. The summed E-state index contributed by atoms with van der Waals surface area (Å²) >= 11 is 0. The summed E-state index contributed by atoms with van der Waals surface area (Å²) in [5.41, 5.74) is 4.44. The number of nitrogens with zero attached hydrogens (tertiary/aromatic N) is 1. The molecule has 0 aromatic heterocycles. The van der Waals surface area contributed by atoms with Gasteiger partial charge in [0.1, 0.15) is 11.5 Å². The van der Waals surface area contributed by atoms with Gasteiger partial charge in [-0.1, -0.05) is 36.4 Å². The van der Waals surface area contributed by atoms with Gasteiger partial charge in [0.25, 0.3) is 5.91 Å². The van der Waals surface area contributed by atoms with Crippen molar-refractivity contribution in [2.45, 2.75) is 6.92 Å². The van der Waals surface area contributed by atoms with E-state index in [1.165, 1.54) is 0 Å². The summed E-state index contributed by atoms with van der Waals surface area (Å²) in [6.07, 6.45) is 3.57. The lowest BCUT2D eigenvalue weighted by molar-refractivity contribution is -0.123. The highest BCUT2D eigenvalue weighted by molar-refractivity contribution is 5.86. The molecule has 0 radical (unpaired) electrons. The molecule has 24 heavy (non-hydrogen) atoms. The molecule has 5 nitrogen and oxygen atoms in total. The van der Waals surface area contributed by atoms with Gasteiger partial charge in [-0.2, -0.15) is 5.10 Å². The average molecular weight is 324 g/mol. The topological polar surface area (TPSA) is 59.9 Å². The van der Waals surface area contributed by atoms with Gasteiger partial charge in [0.15, 0.2) is 6.61 Å². The fourth-order valence-corrected chi connectivity index (χ4v) is 1.91. The minimum atomic E-state index is -0.324. The number of allylic oxidation sites excluding steroid dienone is 1. The minimum absolute atomic E-state index is 0.106. The Balaban J connectivity index is 1.76. The first-order chi connectivity index (χ1) is 11.7. The zero-order valence-corrected chi connectivity index (χ0v) is 13.7. The minimum Gasteiger partial charge on any atom is -0.497 e. The lowest BCUT2D eigenvalue weighted by atomic mass is 10.1. The molecular formula is C19H20N2O3. The normalized spacial score (nSPS) is 11.3. The van der Waals surface area contributed by atoms with Crippen LogP contribution in [0.1, 0.15) is 12.5 Å². The number of benzene rings is 2. The molecule has 0 saturated carbocycles. The molecule has 2 rings (SSSR count). The predicted molar refractivity (Wildman–Crippen MR) is 95.2 cm³/mol. The average Bonchev–Trinajstić information content (AvgIpc) is 2.61. The van der Waals surface area contributed by atoms with E-state index in [-0.39, 0.29) is 12.5 Å². The molecule has 124 valence electrons. The van der Waals surface area contributed by atoms with Crippen molar-refractivity contribution in [3.63, 3.8) is 0 Å². The first-order valence-electron chi connectivity index (χ1n) is 7.49. The van der Waals surface area contributed by atoms with Crippen molar-refractivity contribution in [2.75, 3.05) is 13.7 Å². The van der Waals surface area contributed by atoms with Crippen molar-refractivity contribution >= 4 is 18.2 Å². The Morgan fingerprint density at radius 1 is 1.08 bits per heavy atom. The lowest BCUT2D eigenvalue weighted by Gasteiger charge is -2.05. The zero-order chi connectivity index (χ0) is 17.2. The van der Waals surface area contributed by atoms with E-state index in [0.717, 1.165) is 16.9 Å². The molecule has 0 atom stereocenters. The van der Waals surface area contributed by atoms with Gasteiger partial charge >= 0.3 is 0 Å². The first kappa shape index (κ1) is 17.3. The van der Waals surface area contributed by atoms with Crippen molar-refractivity contribution in [2.24, 2.45) is 5.10 Å². The van der Waals surface area contributed by atoms with Gasteiger partial charge < -0.3 is 9.47 Å². The summed E-state index contributed by atoms with van der Waals surface area (Å²) in [5.74, 6) is 1.00. The third-order valence-electron chi connectivity index (χ3n) is 3.08. The highest BCUT2D eigenvalue weighted by Gasteiger charge is 2.01. The van der Waals surface area contributed by atoms with E-state index in [2.05, 4.69) is 10.5 Å². The molecule has 0 aliphatic rings. The number of carbonyl (C=O) groups excluding carboxylic acids is 1. The number of hydrazone groups is 1. The molecule has 0 unspecified atom stereocenters. The van der Waals surface area contributed by atoms with Gasteiger partial charge in [-0.25, -0.2) is 5.43 Å². The van der Waals surface area contributed by atoms with E-state index < -0.39 is 0 Å². The largest absolute Gasteiger partial charge is 0.497 e. The Morgan fingerprint density at radius 2 is 1.75 bits per heavy atom. The standard InChI is InChI=1S/C19H20N2O3/c1-15(12-16-6-4-3-5-7-16)13-20-21-19(22)14-24-18-10-8-17(23-2)9-11-18/h3-13H,14H2,1-2H3,(H,21,22)/b15-12+,20-13+. The van der Waals surface area contributed by atoms with E-state index in [1.807, 2.05) is 43.3 Å². The maximum atomic E-state index is 11.7. The van der Waals surface area contributed by atoms with Crippen LogP contribution in [-0.2, 0) is 4.79 Å². The number of hydrogen-bond acceptors (Lipinski definition) is 4. The summed E-state index contributed by atoms with van der Waals surface area (Å²) in [4.78, 5) is 11.7. The van der Waals surface area contributed by atoms with Gasteiger partial charge in [0, 0.05) is 0 Å². The number of carbonyl (C=O) groups is 1. The maximum Gasteiger partial charge on any atom is 0.277 e. The number of hydrogen-bond donors (Lipinski definition) is 1. The van der Waals surface area contributed by atoms with Crippen molar-refractivity contribution in [3.05, 3.63) is 65.7 Å². The van der Waals surface area contributed by atoms with Crippen LogP contribution >= 0.6 is 0 Å². The summed E-state index contributed by atoms with van der Waals surface area (Å²) in [5, 5.41) is 3.91. The van der Waals surface area contributed by atoms with Crippen molar-refractivity contribution in [3.8, 4) is 11.5 Å². The Kier molecular flexibility index (Phi) is 6.58. The SMILES string of the molecule is COc1ccc(OCC(=O)N/N=C/C(C)=C/c2ccccc2)cc1. The first-order valence-corrected chi connectivity index (χ1v) is 7.49. The van der Waals surface area contributed by atoms with Crippen LogP contribution in [0.25, 0.3) is 6.08 Å². The van der Waals surface area contributed by atoms with Gasteiger partial charge in [-0.15, -0.1) is 0 Å². The van der Waals surface area contributed by atoms with Gasteiger partial charge in [0.2, 0.25) is 0 Å². The van der Waals surface area contributed by atoms with Crippen molar-refractivity contribution < 1.29 is 14.3 Å². The smallest absolute Gasteiger partial charge is 0.277 e. The highest BCUT2D eigenvalue weighted by atomic mass is 16.5. The second kappa shape index (κ2) is 9.15. The number of rotatable bonds is 7. The number of amides is 1. The van der Waals surface area contributed by atoms with Crippen LogP contribution in [0.15, 0.2) is 65.3 Å². The fourth-order valence-electron chi connectivity index (χ4n) is 1.91. The summed E-state index contributed by atoms with van der Waals surface area (Å²) in [6.45, 7) is 1.81. The van der Waals surface area contributed by atoms with E-state index in [0.29, 0.717) is 5.75 Å². The predicted octanol–water partition coefficient (Wildman–Crippen LogP) is 3.28. The molecule has 1 N–H and O–H groups in total. The maximum absolute atomic E-state index is 11.7. The molecule has 2 aromatic carbocycles. The molecule has 0 bridgehead atoms. The molecule has 0 heterocycles. The van der Waals surface area contributed by atoms with Crippen molar-refractivity contribution in [1.29, 1.82) is 0 Å². The van der Waals surface area contributed by atoms with Crippen LogP contribution in [0.4, 0.5) is 0 Å². The van der Waals surface area contributed by atoms with E-state index in [9.17, 15) is 4.79 Å². The molecule has 2 aromatic rings. The summed E-state index contributed by atoms with van der Waals surface area (Å²) < 4.78 is 10.4. The molecular weight excluding hydrogens is 304 g/mol. The number of methoxy groups -OCH3 is 1. The molecule has 0 aliphatic carbocycles. The molecule has 0 aliphatic heterocycles. The molecule has 0 saturated heterocycles. The van der Waals surface area contributed by atoms with Crippen molar-refractivity contribution in [1.82, 2.24) is 5.43 Å². The van der Waals surface area contributed by atoms with Crippen LogP contribution < -0.4 is 14.9 Å². The van der Waals surface area contributed by atoms with Gasteiger partial charge in [-0.3, -0.25) is 4.79 Å². The Hall–Kier alpha value is -3.08. The number of nitrogens with one attached hydrogen (secondary N) is 1. The third-order valence-corrected chi connectivity index (χ3v) is 3.08. The van der Waals surface area contributed by atoms with E-state index >= 15 is 0 Å². The Labute approximate surface area is 141 Å². The second-order valence-electron chi connectivity index (χ2n) is 5.06. The second-order valence-corrected chi connectivity index (χ2v) is 5.06.